The first kappa shape index (κ1) is 24.6. The number of ether oxygens (including phenoxy) is 1. The maximum absolute atomic E-state index is 5.63. The van der Waals surface area contributed by atoms with Crippen molar-refractivity contribution in [2.75, 3.05) is 57.6 Å². The number of anilines is 3. The minimum atomic E-state index is 0. The highest BCUT2D eigenvalue weighted by atomic mass is 35.5. The molecule has 1 saturated heterocycles. The summed E-state index contributed by atoms with van der Waals surface area (Å²) in [5.74, 6) is 2.77. The van der Waals surface area contributed by atoms with Crippen molar-refractivity contribution in [3.8, 4) is 17.0 Å². The van der Waals surface area contributed by atoms with Crippen LogP contribution >= 0.6 is 12.4 Å². The van der Waals surface area contributed by atoms with Gasteiger partial charge >= 0.3 is 0 Å². The van der Waals surface area contributed by atoms with Gasteiger partial charge in [0.1, 0.15) is 17.8 Å². The van der Waals surface area contributed by atoms with Gasteiger partial charge in [0.15, 0.2) is 11.6 Å². The summed E-state index contributed by atoms with van der Waals surface area (Å²) in [6.07, 6.45) is 3.39. The number of aromatic amines is 1. The van der Waals surface area contributed by atoms with Crippen molar-refractivity contribution in [3.63, 3.8) is 0 Å². The molecule has 1 aliphatic rings. The van der Waals surface area contributed by atoms with Crippen LogP contribution in [0.4, 0.5) is 17.6 Å². The minimum absolute atomic E-state index is 0. The number of methoxy groups -OCH3 is 1. The maximum Gasteiger partial charge on any atom is 0.206 e. The summed E-state index contributed by atoms with van der Waals surface area (Å²) in [5, 5.41) is 6.70. The van der Waals surface area contributed by atoms with Gasteiger partial charge in [-0.25, -0.2) is 19.9 Å². The zero-order valence-corrected chi connectivity index (χ0v) is 20.9. The van der Waals surface area contributed by atoms with Gasteiger partial charge in [-0.3, -0.25) is 4.90 Å². The van der Waals surface area contributed by atoms with Gasteiger partial charge in [0.2, 0.25) is 5.95 Å². The zero-order valence-electron chi connectivity index (χ0n) is 20.1. The predicted molar refractivity (Wildman–Crippen MR) is 141 cm³/mol. The largest absolute Gasteiger partial charge is 0.491 e. The highest BCUT2D eigenvalue weighted by Gasteiger charge is 2.16. The van der Waals surface area contributed by atoms with E-state index in [0.29, 0.717) is 11.7 Å². The average Bonchev–Trinajstić information content (AvgIpc) is 3.25. The SMILES string of the molecule is COc1c(-c2ccc3nc(Nc4cc(CN5CCNCC5)ccn4)[nH]c3c2)ncnc1N(C)C.Cl. The topological polar surface area (TPSA) is 107 Å². The Labute approximate surface area is 210 Å². The van der Waals surface area contributed by atoms with Crippen molar-refractivity contribution >= 4 is 41.0 Å². The average molecular weight is 496 g/mol. The van der Waals surface area contributed by atoms with E-state index in [1.165, 1.54) is 5.56 Å². The molecule has 0 radical (unpaired) electrons. The van der Waals surface area contributed by atoms with Crippen LogP contribution in [0.15, 0.2) is 42.9 Å². The van der Waals surface area contributed by atoms with E-state index in [1.807, 2.05) is 43.4 Å². The Hall–Kier alpha value is -3.47. The molecule has 3 aromatic heterocycles. The number of hydrogen-bond acceptors (Lipinski definition) is 9. The summed E-state index contributed by atoms with van der Waals surface area (Å²) in [7, 11) is 5.49. The minimum Gasteiger partial charge on any atom is -0.491 e. The number of fused-ring (bicyclic) bond motifs is 1. The molecule has 4 aromatic rings. The lowest BCUT2D eigenvalue weighted by Gasteiger charge is -2.27. The number of imidazole rings is 1. The Kier molecular flexibility index (Phi) is 7.64. The first-order chi connectivity index (χ1) is 16.6. The molecule has 0 unspecified atom stereocenters. The molecule has 10 nitrogen and oxygen atoms in total. The number of rotatable bonds is 7. The van der Waals surface area contributed by atoms with Crippen molar-refractivity contribution in [1.29, 1.82) is 0 Å². The van der Waals surface area contributed by atoms with Crippen LogP contribution in [0.5, 0.6) is 5.75 Å². The molecule has 5 rings (SSSR count). The Bertz CT molecular complexity index is 1290. The van der Waals surface area contributed by atoms with Gasteiger partial charge in [-0.2, -0.15) is 0 Å². The molecule has 1 aliphatic heterocycles. The van der Waals surface area contributed by atoms with Crippen molar-refractivity contribution in [1.82, 2.24) is 35.1 Å². The van der Waals surface area contributed by atoms with E-state index in [9.17, 15) is 0 Å². The number of pyridine rings is 1. The monoisotopic (exact) mass is 495 g/mol. The molecular weight excluding hydrogens is 466 g/mol. The predicted octanol–water partition coefficient (Wildman–Crippen LogP) is 3.06. The highest BCUT2D eigenvalue weighted by Crippen LogP contribution is 2.35. The van der Waals surface area contributed by atoms with E-state index >= 15 is 0 Å². The number of H-pyrrole nitrogens is 1. The lowest BCUT2D eigenvalue weighted by Crippen LogP contribution is -2.42. The Morgan fingerprint density at radius 3 is 2.69 bits per heavy atom. The molecule has 0 amide bonds. The Morgan fingerprint density at radius 2 is 1.91 bits per heavy atom. The maximum atomic E-state index is 5.63. The fraction of sp³-hybridized carbons (Fsp3) is 0.333. The summed E-state index contributed by atoms with van der Waals surface area (Å²) < 4.78 is 5.63. The van der Waals surface area contributed by atoms with Crippen LogP contribution in [-0.4, -0.2) is 77.2 Å². The number of halogens is 1. The van der Waals surface area contributed by atoms with Crippen LogP contribution in [0.3, 0.4) is 0 Å². The van der Waals surface area contributed by atoms with E-state index in [0.717, 1.165) is 66.7 Å². The van der Waals surface area contributed by atoms with Gasteiger partial charge in [-0.1, -0.05) is 6.07 Å². The molecule has 1 fully saturated rings. The number of nitrogens with one attached hydrogen (secondary N) is 3. The fourth-order valence-corrected chi connectivity index (χ4v) is 4.18. The first-order valence-electron chi connectivity index (χ1n) is 11.3. The number of hydrogen-bond donors (Lipinski definition) is 3. The van der Waals surface area contributed by atoms with Crippen molar-refractivity contribution in [2.24, 2.45) is 0 Å². The van der Waals surface area contributed by atoms with Crippen molar-refractivity contribution < 1.29 is 4.74 Å². The fourth-order valence-electron chi connectivity index (χ4n) is 4.18. The lowest BCUT2D eigenvalue weighted by molar-refractivity contribution is 0.233. The van der Waals surface area contributed by atoms with Gasteiger partial charge in [0, 0.05) is 58.6 Å². The molecule has 0 bridgehead atoms. The third-order valence-corrected chi connectivity index (χ3v) is 5.85. The van der Waals surface area contributed by atoms with Gasteiger partial charge in [-0.05, 0) is 29.8 Å². The Balaban J connectivity index is 0.00000289. The molecule has 184 valence electrons. The van der Waals surface area contributed by atoms with E-state index in [4.69, 9.17) is 4.74 Å². The molecule has 4 heterocycles. The second kappa shape index (κ2) is 10.9. The third-order valence-electron chi connectivity index (χ3n) is 5.85. The molecule has 3 N–H and O–H groups in total. The van der Waals surface area contributed by atoms with Crippen molar-refractivity contribution in [3.05, 3.63) is 48.4 Å². The van der Waals surface area contributed by atoms with Crippen molar-refractivity contribution in [2.45, 2.75) is 6.54 Å². The number of aromatic nitrogens is 5. The molecule has 35 heavy (non-hydrogen) atoms. The highest BCUT2D eigenvalue weighted by molar-refractivity contribution is 5.86. The quantitative estimate of drug-likeness (QED) is 0.356. The van der Waals surface area contributed by atoms with Gasteiger partial charge in [0.05, 0.1) is 18.1 Å². The van der Waals surface area contributed by atoms with E-state index in [2.05, 4.69) is 52.6 Å². The van der Waals surface area contributed by atoms with E-state index in [1.54, 1.807) is 13.4 Å². The van der Waals surface area contributed by atoms with Gasteiger partial charge < -0.3 is 25.3 Å². The van der Waals surface area contributed by atoms with Crippen LogP contribution in [0.2, 0.25) is 0 Å². The van der Waals surface area contributed by atoms with E-state index < -0.39 is 0 Å². The molecule has 1 aromatic carbocycles. The Morgan fingerprint density at radius 1 is 1.09 bits per heavy atom. The zero-order chi connectivity index (χ0) is 23.5. The molecule has 0 spiro atoms. The van der Waals surface area contributed by atoms with Gasteiger partial charge in [0.25, 0.3) is 0 Å². The number of piperazine rings is 1. The van der Waals surface area contributed by atoms with Crippen LogP contribution in [-0.2, 0) is 6.54 Å². The summed E-state index contributed by atoms with van der Waals surface area (Å²) in [4.78, 5) is 25.7. The van der Waals surface area contributed by atoms with Crippen LogP contribution < -0.4 is 20.3 Å². The van der Waals surface area contributed by atoms with Gasteiger partial charge in [-0.15, -0.1) is 12.4 Å². The van der Waals surface area contributed by atoms with E-state index in [-0.39, 0.29) is 12.4 Å². The normalized spacial score (nSPS) is 13.9. The second-order valence-corrected chi connectivity index (χ2v) is 8.49. The lowest BCUT2D eigenvalue weighted by atomic mass is 10.1. The van der Waals surface area contributed by atoms with Crippen LogP contribution in [0, 0.1) is 0 Å². The standard InChI is InChI=1S/C24H29N9O.ClH/c1-32(2)23-22(34-3)21(27-15-28-23)17-4-5-18-19(13-17)30-24(29-18)31-20-12-16(6-7-26-20)14-33-10-8-25-9-11-33;/h4-7,12-13,15,25H,8-11,14H2,1-3H3,(H2,26,29,30,31);1H. The number of nitrogens with zero attached hydrogens (tertiary/aromatic N) is 6. The molecule has 0 saturated carbocycles. The second-order valence-electron chi connectivity index (χ2n) is 8.49. The number of benzene rings is 1. The molecule has 0 aliphatic carbocycles. The summed E-state index contributed by atoms with van der Waals surface area (Å²) in [6, 6.07) is 10.1. The van der Waals surface area contributed by atoms with Crippen LogP contribution in [0.1, 0.15) is 5.56 Å². The molecule has 11 heteroatoms. The first-order valence-corrected chi connectivity index (χ1v) is 11.3. The summed E-state index contributed by atoms with van der Waals surface area (Å²) in [6.45, 7) is 5.11. The molecular formula is C24H30ClN9O. The summed E-state index contributed by atoms with van der Waals surface area (Å²) >= 11 is 0. The van der Waals surface area contributed by atoms with Crippen LogP contribution in [0.25, 0.3) is 22.3 Å². The third kappa shape index (κ3) is 5.45. The summed E-state index contributed by atoms with van der Waals surface area (Å²) in [5.41, 5.74) is 4.62. The molecule has 0 atom stereocenters. The smallest absolute Gasteiger partial charge is 0.206 e.